The first-order valence-corrected chi connectivity index (χ1v) is 10.3. The van der Waals surface area contributed by atoms with Crippen LogP contribution >= 0.6 is 0 Å². The van der Waals surface area contributed by atoms with Crippen LogP contribution in [0.1, 0.15) is 34.6 Å². The van der Waals surface area contributed by atoms with Gasteiger partial charge in [-0.3, -0.25) is 14.9 Å². The summed E-state index contributed by atoms with van der Waals surface area (Å²) >= 11 is 0. The molecule has 0 saturated heterocycles. The summed E-state index contributed by atoms with van der Waals surface area (Å²) in [6.45, 7) is 2.05. The van der Waals surface area contributed by atoms with E-state index in [1.165, 1.54) is 19.2 Å². The minimum Gasteiger partial charge on any atom is -0.493 e. The van der Waals surface area contributed by atoms with Gasteiger partial charge in [-0.05, 0) is 24.6 Å². The number of nitro groups is 1. The van der Waals surface area contributed by atoms with Crippen LogP contribution in [0.25, 0.3) is 11.0 Å². The molecule has 0 aliphatic carbocycles. The normalized spacial score (nSPS) is 11.7. The lowest BCUT2D eigenvalue weighted by molar-refractivity contribution is -0.385. The molecule has 0 saturated carbocycles. The van der Waals surface area contributed by atoms with E-state index in [9.17, 15) is 14.9 Å². The number of fused-ring (bicyclic) bond motifs is 1. The number of furan rings is 1. The summed E-state index contributed by atoms with van der Waals surface area (Å²) in [6, 6.07) is 20.5. The van der Waals surface area contributed by atoms with Crippen molar-refractivity contribution in [2.75, 3.05) is 13.7 Å². The number of hydrogen-bond donors (Lipinski definition) is 1. The van der Waals surface area contributed by atoms with Crippen molar-refractivity contribution in [2.45, 2.75) is 13.0 Å². The van der Waals surface area contributed by atoms with E-state index in [4.69, 9.17) is 13.9 Å². The Morgan fingerprint density at radius 3 is 2.45 bits per heavy atom. The first kappa shape index (κ1) is 21.9. The van der Waals surface area contributed by atoms with Gasteiger partial charge in [0.2, 0.25) is 0 Å². The highest BCUT2D eigenvalue weighted by molar-refractivity contribution is 5.99. The predicted octanol–water partition coefficient (Wildman–Crippen LogP) is 5.27. The van der Waals surface area contributed by atoms with Crippen LogP contribution in [0.5, 0.6) is 11.5 Å². The quantitative estimate of drug-likeness (QED) is 0.292. The number of nitrogens with one attached hydrogen (secondary N) is 1. The summed E-state index contributed by atoms with van der Waals surface area (Å²) in [5, 5.41) is 15.5. The minimum absolute atomic E-state index is 0.141. The molecule has 1 aromatic heterocycles. The highest BCUT2D eigenvalue weighted by Gasteiger charge is 2.28. The lowest BCUT2D eigenvalue weighted by Gasteiger charge is -2.18. The highest BCUT2D eigenvalue weighted by atomic mass is 16.6. The number of rotatable bonds is 8. The van der Waals surface area contributed by atoms with Crippen molar-refractivity contribution in [3.63, 3.8) is 0 Å². The van der Waals surface area contributed by atoms with Gasteiger partial charge in [0.05, 0.1) is 24.7 Å². The zero-order chi connectivity index (χ0) is 23.4. The second-order valence-corrected chi connectivity index (χ2v) is 7.21. The second-order valence-electron chi connectivity index (χ2n) is 7.21. The largest absolute Gasteiger partial charge is 0.493 e. The number of benzene rings is 3. The van der Waals surface area contributed by atoms with Gasteiger partial charge < -0.3 is 19.2 Å². The summed E-state index contributed by atoms with van der Waals surface area (Å²) in [5.41, 5.74) is 0.923. The van der Waals surface area contributed by atoms with E-state index in [-0.39, 0.29) is 22.7 Å². The van der Waals surface area contributed by atoms with Gasteiger partial charge in [0.25, 0.3) is 11.6 Å². The molecule has 4 rings (SSSR count). The molecule has 0 radical (unpaired) electrons. The zero-order valence-corrected chi connectivity index (χ0v) is 18.1. The van der Waals surface area contributed by atoms with E-state index < -0.39 is 16.9 Å². The van der Waals surface area contributed by atoms with Crippen LogP contribution in [0.4, 0.5) is 5.69 Å². The van der Waals surface area contributed by atoms with Gasteiger partial charge in [-0.25, -0.2) is 0 Å². The van der Waals surface area contributed by atoms with Crippen molar-refractivity contribution in [3.8, 4) is 11.5 Å². The average molecular weight is 446 g/mol. The molecule has 1 atom stereocenters. The van der Waals surface area contributed by atoms with Crippen molar-refractivity contribution < 1.29 is 23.6 Å². The topological polar surface area (TPSA) is 104 Å². The number of hydrogen-bond acceptors (Lipinski definition) is 6. The molecule has 33 heavy (non-hydrogen) atoms. The van der Waals surface area contributed by atoms with E-state index in [0.29, 0.717) is 18.0 Å². The first-order valence-electron chi connectivity index (χ1n) is 10.3. The molecule has 0 spiro atoms. The first-order chi connectivity index (χ1) is 16.0. The number of ether oxygens (including phenoxy) is 2. The Morgan fingerprint density at radius 2 is 1.79 bits per heavy atom. The fourth-order valence-electron chi connectivity index (χ4n) is 3.63. The molecule has 8 heteroatoms. The maximum Gasteiger partial charge on any atom is 0.286 e. The van der Waals surface area contributed by atoms with Crippen molar-refractivity contribution in [2.24, 2.45) is 0 Å². The molecule has 1 heterocycles. The number of nitrogens with zero attached hydrogens (tertiary/aromatic N) is 1. The van der Waals surface area contributed by atoms with Crippen LogP contribution in [0.3, 0.4) is 0 Å². The molecular formula is C25H22N2O6. The van der Waals surface area contributed by atoms with Gasteiger partial charge in [-0.2, -0.15) is 0 Å². The molecule has 8 nitrogen and oxygen atoms in total. The lowest BCUT2D eigenvalue weighted by atomic mass is 10.0. The monoisotopic (exact) mass is 446 g/mol. The van der Waals surface area contributed by atoms with Gasteiger partial charge in [-0.15, -0.1) is 0 Å². The van der Waals surface area contributed by atoms with Crippen LogP contribution in [-0.4, -0.2) is 24.5 Å². The summed E-state index contributed by atoms with van der Waals surface area (Å²) < 4.78 is 16.7. The molecule has 0 aliphatic heterocycles. The minimum atomic E-state index is -0.664. The summed E-state index contributed by atoms with van der Waals surface area (Å²) in [5.74, 6) is 0.293. The van der Waals surface area contributed by atoms with E-state index >= 15 is 0 Å². The van der Waals surface area contributed by atoms with Crippen molar-refractivity contribution >= 4 is 22.6 Å². The van der Waals surface area contributed by atoms with E-state index in [2.05, 4.69) is 5.32 Å². The van der Waals surface area contributed by atoms with Crippen LogP contribution in [0.2, 0.25) is 0 Å². The van der Waals surface area contributed by atoms with E-state index in [0.717, 1.165) is 10.9 Å². The number of nitro benzene ring substituents is 1. The molecule has 0 aliphatic rings. The molecule has 0 fully saturated rings. The fourth-order valence-corrected chi connectivity index (χ4v) is 3.63. The van der Waals surface area contributed by atoms with Crippen LogP contribution < -0.4 is 14.8 Å². The van der Waals surface area contributed by atoms with Crippen molar-refractivity contribution in [1.82, 2.24) is 5.32 Å². The Morgan fingerprint density at radius 1 is 1.06 bits per heavy atom. The van der Waals surface area contributed by atoms with Gasteiger partial charge >= 0.3 is 0 Å². The Kier molecular flexibility index (Phi) is 6.26. The lowest BCUT2D eigenvalue weighted by Crippen LogP contribution is -2.29. The molecule has 1 amide bonds. The van der Waals surface area contributed by atoms with Crippen molar-refractivity contribution in [3.05, 3.63) is 99.8 Å². The summed E-state index contributed by atoms with van der Waals surface area (Å²) in [4.78, 5) is 24.4. The second kappa shape index (κ2) is 9.44. The molecule has 0 bridgehead atoms. The molecule has 4 aromatic rings. The molecule has 1 unspecified atom stereocenters. The standard InChI is InChI=1S/C25H22N2O6/c1-3-32-22-15-19(27(29)30)18(14-21(22)31-2)25(28)26-24(16-9-5-4-6-10-16)23-13-17-11-7-8-12-20(17)33-23/h4-15,24H,3H2,1-2H3,(H,26,28). The molecular weight excluding hydrogens is 424 g/mol. The molecule has 3 aromatic carbocycles. The third kappa shape index (κ3) is 4.50. The number of amides is 1. The van der Waals surface area contributed by atoms with Crippen LogP contribution in [0.15, 0.2) is 77.2 Å². The maximum absolute atomic E-state index is 13.3. The van der Waals surface area contributed by atoms with Gasteiger partial charge in [0.1, 0.15) is 22.9 Å². The van der Waals surface area contributed by atoms with Crippen LogP contribution in [0, 0.1) is 10.1 Å². The Hall–Kier alpha value is -4.33. The number of para-hydroxylation sites is 1. The fraction of sp³-hybridized carbons (Fsp3) is 0.160. The molecule has 1 N–H and O–H groups in total. The van der Waals surface area contributed by atoms with Crippen LogP contribution in [-0.2, 0) is 0 Å². The predicted molar refractivity (Wildman–Crippen MR) is 123 cm³/mol. The average Bonchev–Trinajstić information content (AvgIpc) is 3.26. The van der Waals surface area contributed by atoms with Crippen molar-refractivity contribution in [1.29, 1.82) is 0 Å². The Labute approximate surface area is 189 Å². The number of carbonyl (C=O) groups excluding carboxylic acids is 1. The third-order valence-electron chi connectivity index (χ3n) is 5.16. The summed E-state index contributed by atoms with van der Waals surface area (Å²) in [7, 11) is 1.41. The van der Waals surface area contributed by atoms with Gasteiger partial charge in [0, 0.05) is 11.5 Å². The highest BCUT2D eigenvalue weighted by Crippen LogP contribution is 2.36. The molecule has 168 valence electrons. The number of carbonyl (C=O) groups is 1. The Bertz CT molecular complexity index is 1270. The van der Waals surface area contributed by atoms with E-state index in [1.807, 2.05) is 60.7 Å². The maximum atomic E-state index is 13.3. The third-order valence-corrected chi connectivity index (χ3v) is 5.16. The smallest absolute Gasteiger partial charge is 0.286 e. The van der Waals surface area contributed by atoms with E-state index in [1.54, 1.807) is 6.92 Å². The van der Waals surface area contributed by atoms with Gasteiger partial charge in [-0.1, -0.05) is 48.5 Å². The number of methoxy groups -OCH3 is 1. The Balaban J connectivity index is 1.77. The summed E-state index contributed by atoms with van der Waals surface area (Å²) in [6.07, 6.45) is 0. The zero-order valence-electron chi connectivity index (χ0n) is 18.1. The van der Waals surface area contributed by atoms with Gasteiger partial charge in [0.15, 0.2) is 11.5 Å². The SMILES string of the molecule is CCOc1cc([N+](=O)[O-])c(C(=O)NC(c2ccccc2)c2cc3ccccc3o2)cc1OC.